The molecule has 1 aliphatic rings. The zero-order chi connectivity index (χ0) is 17.0. The molecular weight excluding hydrogens is 360 g/mol. The molecule has 126 valence electrons. The number of carbonyl (C=O) groups excluding carboxylic acids is 2. The number of nitrogens with one attached hydrogen (secondary N) is 1. The fourth-order valence-electron chi connectivity index (χ4n) is 2.87. The van der Waals surface area contributed by atoms with Gasteiger partial charge in [-0.25, -0.2) is 4.79 Å². The summed E-state index contributed by atoms with van der Waals surface area (Å²) in [5.41, 5.74) is -0.495. The molecule has 0 aromatic heterocycles. The van der Waals surface area contributed by atoms with Gasteiger partial charge < -0.3 is 10.1 Å². The topological polar surface area (TPSA) is 58.6 Å². The molecule has 2 unspecified atom stereocenters. The average molecular weight is 383 g/mol. The van der Waals surface area contributed by atoms with Crippen molar-refractivity contribution in [1.29, 1.82) is 0 Å². The lowest BCUT2D eigenvalue weighted by Gasteiger charge is -2.31. The van der Waals surface area contributed by atoms with Crippen molar-refractivity contribution in [2.75, 3.05) is 20.2 Å². The normalized spacial score (nSPS) is 20.8. The lowest BCUT2D eigenvalue weighted by molar-refractivity contribution is -0.153. The van der Waals surface area contributed by atoms with Crippen LogP contribution in [-0.2, 0) is 19.9 Å². The van der Waals surface area contributed by atoms with Crippen LogP contribution in [0.15, 0.2) is 28.7 Å². The minimum Gasteiger partial charge on any atom is -0.464 e. The first-order valence-corrected chi connectivity index (χ1v) is 8.63. The first kappa shape index (κ1) is 17.9. The van der Waals surface area contributed by atoms with Crippen LogP contribution < -0.4 is 5.32 Å². The highest BCUT2D eigenvalue weighted by molar-refractivity contribution is 9.10. The molecule has 5 nitrogen and oxygen atoms in total. The smallest absolute Gasteiger partial charge is 0.336 e. The van der Waals surface area contributed by atoms with Crippen LogP contribution in [0.1, 0.15) is 32.3 Å². The second-order valence-electron chi connectivity index (χ2n) is 5.98. The van der Waals surface area contributed by atoms with Gasteiger partial charge in [0, 0.05) is 4.47 Å². The van der Waals surface area contributed by atoms with Crippen LogP contribution in [-0.4, -0.2) is 43.0 Å². The van der Waals surface area contributed by atoms with Gasteiger partial charge in [-0.3, -0.25) is 9.69 Å². The first-order chi connectivity index (χ1) is 10.9. The van der Waals surface area contributed by atoms with Gasteiger partial charge in [0.15, 0.2) is 5.54 Å². The fraction of sp³-hybridized carbons (Fsp3) is 0.529. The highest BCUT2D eigenvalue weighted by Crippen LogP contribution is 2.26. The van der Waals surface area contributed by atoms with Crippen molar-refractivity contribution in [1.82, 2.24) is 10.2 Å². The van der Waals surface area contributed by atoms with Crippen molar-refractivity contribution in [2.24, 2.45) is 0 Å². The number of nitrogens with zero attached hydrogens (tertiary/aromatic N) is 1. The van der Waals surface area contributed by atoms with E-state index in [1.807, 2.05) is 36.2 Å². The summed E-state index contributed by atoms with van der Waals surface area (Å²) in [5, 5.41) is 2.92. The second-order valence-corrected chi connectivity index (χ2v) is 6.90. The van der Waals surface area contributed by atoms with Crippen LogP contribution in [0.3, 0.4) is 0 Å². The molecule has 1 aromatic carbocycles. The number of benzene rings is 1. The lowest BCUT2D eigenvalue weighted by atomic mass is 9.91. The third kappa shape index (κ3) is 3.93. The number of esters is 1. The minimum absolute atomic E-state index is 0.136. The number of carbonyl (C=O) groups is 2. The molecule has 1 heterocycles. The van der Waals surface area contributed by atoms with E-state index < -0.39 is 11.5 Å². The first-order valence-electron chi connectivity index (χ1n) is 7.84. The van der Waals surface area contributed by atoms with Crippen LogP contribution in [0.4, 0.5) is 0 Å². The second kappa shape index (κ2) is 7.45. The van der Waals surface area contributed by atoms with Crippen LogP contribution in [0.5, 0.6) is 0 Å². The number of hydrogen-bond donors (Lipinski definition) is 1. The van der Waals surface area contributed by atoms with Crippen LogP contribution in [0, 0.1) is 0 Å². The summed E-state index contributed by atoms with van der Waals surface area (Å²) in [4.78, 5) is 27.2. The largest absolute Gasteiger partial charge is 0.464 e. The van der Waals surface area contributed by atoms with Gasteiger partial charge in [0.05, 0.1) is 12.6 Å². The molecule has 1 aromatic rings. The number of amides is 1. The van der Waals surface area contributed by atoms with Gasteiger partial charge in [0.1, 0.15) is 0 Å². The zero-order valence-electron chi connectivity index (χ0n) is 13.8. The molecule has 23 heavy (non-hydrogen) atoms. The Morgan fingerprint density at radius 3 is 2.57 bits per heavy atom. The molecule has 2 atom stereocenters. The molecule has 0 spiro atoms. The van der Waals surface area contributed by atoms with Crippen molar-refractivity contribution in [2.45, 2.75) is 38.3 Å². The Bertz CT molecular complexity index is 576. The summed E-state index contributed by atoms with van der Waals surface area (Å²) in [7, 11) is 1.93. The number of halogens is 1. The van der Waals surface area contributed by atoms with Crippen molar-refractivity contribution < 1.29 is 14.3 Å². The Morgan fingerprint density at radius 1 is 1.39 bits per heavy atom. The molecule has 0 saturated carbocycles. The van der Waals surface area contributed by atoms with E-state index in [9.17, 15) is 9.59 Å². The molecule has 2 rings (SSSR count). The predicted molar refractivity (Wildman–Crippen MR) is 91.9 cm³/mol. The number of likely N-dealkylation sites (tertiary alicyclic amines) is 1. The lowest BCUT2D eigenvalue weighted by Crippen LogP contribution is -2.54. The van der Waals surface area contributed by atoms with Crippen molar-refractivity contribution in [3.8, 4) is 0 Å². The quantitative estimate of drug-likeness (QED) is 0.794. The molecule has 1 saturated heterocycles. The number of ether oxygens (including phenoxy) is 1. The molecule has 0 bridgehead atoms. The Balaban J connectivity index is 2.28. The number of likely N-dealkylation sites (N-methyl/N-ethyl adjacent to an activating group) is 1. The van der Waals surface area contributed by atoms with Crippen LogP contribution in [0.25, 0.3) is 0 Å². The Labute approximate surface area is 145 Å². The predicted octanol–water partition coefficient (Wildman–Crippen LogP) is 2.44. The van der Waals surface area contributed by atoms with E-state index in [0.717, 1.165) is 23.9 Å². The summed E-state index contributed by atoms with van der Waals surface area (Å²) in [6.07, 6.45) is 1.80. The van der Waals surface area contributed by atoms with Crippen molar-refractivity contribution in [3.63, 3.8) is 0 Å². The number of hydrogen-bond acceptors (Lipinski definition) is 4. The molecule has 0 radical (unpaired) electrons. The SMILES string of the molecule is CCOC(=O)C(C)(NC(=O)C1CCCN1C)c1ccc(Br)cc1. The molecule has 1 N–H and O–H groups in total. The van der Waals surface area contributed by atoms with Gasteiger partial charge in [-0.1, -0.05) is 28.1 Å². The van der Waals surface area contributed by atoms with Crippen LogP contribution in [0.2, 0.25) is 0 Å². The average Bonchev–Trinajstić information content (AvgIpc) is 2.94. The molecule has 1 fully saturated rings. The van der Waals surface area contributed by atoms with Gasteiger partial charge in [-0.15, -0.1) is 0 Å². The maximum Gasteiger partial charge on any atom is 0.336 e. The monoisotopic (exact) mass is 382 g/mol. The molecule has 0 aliphatic carbocycles. The van der Waals surface area contributed by atoms with Crippen molar-refractivity contribution >= 4 is 27.8 Å². The molecule has 1 amide bonds. The third-order valence-electron chi connectivity index (χ3n) is 4.30. The van der Waals surface area contributed by atoms with E-state index in [0.29, 0.717) is 5.56 Å². The molecule has 6 heteroatoms. The number of rotatable bonds is 5. The highest BCUT2D eigenvalue weighted by atomic mass is 79.9. The summed E-state index contributed by atoms with van der Waals surface area (Å²) in [6, 6.07) is 7.14. The van der Waals surface area contributed by atoms with E-state index in [4.69, 9.17) is 4.74 Å². The zero-order valence-corrected chi connectivity index (χ0v) is 15.4. The summed E-state index contributed by atoms with van der Waals surface area (Å²) < 4.78 is 6.11. The highest BCUT2D eigenvalue weighted by Gasteiger charge is 2.41. The van der Waals surface area contributed by atoms with E-state index in [1.165, 1.54) is 0 Å². The van der Waals surface area contributed by atoms with Gasteiger partial charge in [0.25, 0.3) is 0 Å². The van der Waals surface area contributed by atoms with E-state index in [1.54, 1.807) is 13.8 Å². The van der Waals surface area contributed by atoms with Crippen LogP contribution >= 0.6 is 15.9 Å². The van der Waals surface area contributed by atoms with Gasteiger partial charge in [0.2, 0.25) is 5.91 Å². The Hall–Kier alpha value is -1.40. The Kier molecular flexibility index (Phi) is 5.81. The van der Waals surface area contributed by atoms with Gasteiger partial charge in [-0.05, 0) is 58.0 Å². The summed E-state index contributed by atoms with van der Waals surface area (Å²) >= 11 is 3.38. The third-order valence-corrected chi connectivity index (χ3v) is 4.83. The Morgan fingerprint density at radius 2 is 2.04 bits per heavy atom. The van der Waals surface area contributed by atoms with Gasteiger partial charge >= 0.3 is 5.97 Å². The van der Waals surface area contributed by atoms with E-state index >= 15 is 0 Å². The summed E-state index contributed by atoms with van der Waals surface area (Å²) in [5.74, 6) is -0.584. The maximum atomic E-state index is 12.7. The van der Waals surface area contributed by atoms with E-state index in [2.05, 4.69) is 21.2 Å². The maximum absolute atomic E-state index is 12.7. The molecule has 1 aliphatic heterocycles. The molecular formula is C17H23BrN2O3. The van der Waals surface area contributed by atoms with E-state index in [-0.39, 0.29) is 18.6 Å². The summed E-state index contributed by atoms with van der Waals surface area (Å²) in [6.45, 7) is 4.62. The van der Waals surface area contributed by atoms with Gasteiger partial charge in [-0.2, -0.15) is 0 Å². The minimum atomic E-state index is -1.20. The fourth-order valence-corrected chi connectivity index (χ4v) is 3.14. The van der Waals surface area contributed by atoms with Crippen molar-refractivity contribution in [3.05, 3.63) is 34.3 Å². The standard InChI is InChI=1S/C17H23BrN2O3/c1-4-23-16(22)17(2,12-7-9-13(18)10-8-12)19-15(21)14-6-5-11-20(14)3/h7-10,14H,4-6,11H2,1-3H3,(H,19,21).